The Hall–Kier alpha value is -1.14. The molecule has 3 rings (SSSR count). The first-order valence-corrected chi connectivity index (χ1v) is 10.4. The second-order valence-electron chi connectivity index (χ2n) is 8.75. The molecule has 1 aliphatic carbocycles. The van der Waals surface area contributed by atoms with E-state index in [0.29, 0.717) is 19.2 Å². The van der Waals surface area contributed by atoms with Gasteiger partial charge in [-0.2, -0.15) is 0 Å². The Morgan fingerprint density at radius 1 is 1.30 bits per heavy atom. The number of nitrogens with zero attached hydrogens (tertiary/aromatic N) is 1. The topological polar surface area (TPSA) is 54.0 Å². The van der Waals surface area contributed by atoms with E-state index in [1.54, 1.807) is 0 Å². The zero-order valence-electron chi connectivity index (χ0n) is 17.0. The van der Waals surface area contributed by atoms with Gasteiger partial charge >= 0.3 is 0 Å². The van der Waals surface area contributed by atoms with Gasteiger partial charge in [-0.15, -0.1) is 0 Å². The zero-order valence-corrected chi connectivity index (χ0v) is 17.0. The quantitative estimate of drug-likeness (QED) is 0.658. The van der Waals surface area contributed by atoms with Gasteiger partial charge in [-0.3, -0.25) is 0 Å². The molecule has 0 bridgehead atoms. The van der Waals surface area contributed by atoms with Crippen molar-refractivity contribution in [3.05, 3.63) is 29.8 Å². The summed E-state index contributed by atoms with van der Waals surface area (Å²) in [4.78, 5) is 2.30. The summed E-state index contributed by atoms with van der Waals surface area (Å²) in [5, 5.41) is 13.9. The Kier molecular flexibility index (Phi) is 7.53. The third kappa shape index (κ3) is 6.46. The molecule has 1 saturated heterocycles. The summed E-state index contributed by atoms with van der Waals surface area (Å²) in [6, 6.07) is 8.76. The van der Waals surface area contributed by atoms with Gasteiger partial charge in [0, 0.05) is 31.1 Å². The molecule has 0 unspecified atom stereocenters. The molecular formula is C22H36N2O3. The number of hydrogen-bond acceptors (Lipinski definition) is 5. The number of likely N-dealkylation sites (N-methyl/N-ethyl adjacent to an activating group) is 1. The molecule has 5 heteroatoms. The average molecular weight is 377 g/mol. The highest BCUT2D eigenvalue weighted by molar-refractivity contribution is 5.28. The maximum atomic E-state index is 10.4. The molecule has 1 atom stereocenters. The number of nitrogens with one attached hydrogen (secondary N) is 1. The van der Waals surface area contributed by atoms with Gasteiger partial charge in [-0.05, 0) is 37.6 Å². The number of benzene rings is 1. The molecular weight excluding hydrogens is 340 g/mol. The number of hydrogen-bond donors (Lipinski definition) is 2. The first-order valence-electron chi connectivity index (χ1n) is 10.4. The summed E-state index contributed by atoms with van der Waals surface area (Å²) >= 11 is 0. The summed E-state index contributed by atoms with van der Waals surface area (Å²) in [6.07, 6.45) is 6.03. The molecule has 27 heavy (non-hydrogen) atoms. The molecule has 1 aliphatic heterocycles. The highest BCUT2D eigenvalue weighted by atomic mass is 16.5. The molecule has 1 saturated carbocycles. The minimum atomic E-state index is -0.461. The molecule has 2 fully saturated rings. The van der Waals surface area contributed by atoms with Gasteiger partial charge in [0.05, 0.1) is 13.2 Å². The Balaban J connectivity index is 1.38. The number of rotatable bonds is 10. The van der Waals surface area contributed by atoms with E-state index < -0.39 is 6.10 Å². The summed E-state index contributed by atoms with van der Waals surface area (Å²) in [5.74, 6) is 0.826. The van der Waals surface area contributed by atoms with Crippen molar-refractivity contribution >= 4 is 0 Å². The van der Waals surface area contributed by atoms with E-state index >= 15 is 0 Å². The lowest BCUT2D eigenvalue weighted by Crippen LogP contribution is -2.47. The maximum Gasteiger partial charge on any atom is 0.119 e. The van der Waals surface area contributed by atoms with Crippen LogP contribution in [0.2, 0.25) is 0 Å². The van der Waals surface area contributed by atoms with Crippen molar-refractivity contribution in [1.82, 2.24) is 10.2 Å². The van der Waals surface area contributed by atoms with Crippen LogP contribution in [0, 0.1) is 5.41 Å². The number of ether oxygens (including phenoxy) is 2. The molecule has 1 aromatic carbocycles. The summed E-state index contributed by atoms with van der Waals surface area (Å²) < 4.78 is 11.1. The van der Waals surface area contributed by atoms with E-state index in [1.165, 1.54) is 37.7 Å². The lowest BCUT2D eigenvalue weighted by molar-refractivity contribution is -0.0991. The summed E-state index contributed by atoms with van der Waals surface area (Å²) in [5.41, 5.74) is 1.48. The van der Waals surface area contributed by atoms with Gasteiger partial charge in [0.2, 0.25) is 0 Å². The SMILES string of the molecule is CN(C[C@H](O)COc1cccc(CNCC2(C)COC2)c1)C1CCCCC1. The van der Waals surface area contributed by atoms with Crippen molar-refractivity contribution in [3.63, 3.8) is 0 Å². The Morgan fingerprint density at radius 2 is 2.07 bits per heavy atom. The minimum absolute atomic E-state index is 0.280. The monoisotopic (exact) mass is 376 g/mol. The first kappa shape index (κ1) is 20.6. The smallest absolute Gasteiger partial charge is 0.119 e. The van der Waals surface area contributed by atoms with E-state index in [1.807, 2.05) is 12.1 Å². The molecule has 0 radical (unpaired) electrons. The van der Waals surface area contributed by atoms with Crippen LogP contribution in [0.4, 0.5) is 0 Å². The molecule has 1 heterocycles. The summed E-state index contributed by atoms with van der Waals surface area (Å²) in [6.45, 7) is 6.72. The second-order valence-corrected chi connectivity index (χ2v) is 8.75. The number of aliphatic hydroxyl groups is 1. The Bertz CT molecular complexity index is 570. The van der Waals surface area contributed by atoms with Crippen molar-refractivity contribution < 1.29 is 14.6 Å². The lowest BCUT2D eigenvalue weighted by atomic mass is 9.89. The van der Waals surface area contributed by atoms with Gasteiger partial charge in [0.25, 0.3) is 0 Å². The van der Waals surface area contributed by atoms with Crippen LogP contribution in [0.5, 0.6) is 5.75 Å². The van der Waals surface area contributed by atoms with Gasteiger partial charge in [0.1, 0.15) is 18.5 Å². The van der Waals surface area contributed by atoms with Crippen molar-refractivity contribution in [2.45, 2.75) is 57.7 Å². The predicted octanol–water partition coefficient (Wildman–Crippen LogP) is 2.82. The predicted molar refractivity (Wildman–Crippen MR) is 108 cm³/mol. The van der Waals surface area contributed by atoms with Crippen LogP contribution in [0.25, 0.3) is 0 Å². The van der Waals surface area contributed by atoms with Crippen LogP contribution in [0.15, 0.2) is 24.3 Å². The van der Waals surface area contributed by atoms with Gasteiger partial charge in [-0.1, -0.05) is 38.3 Å². The first-order chi connectivity index (χ1) is 13.0. The second kappa shape index (κ2) is 9.87. The van der Waals surface area contributed by atoms with E-state index in [-0.39, 0.29) is 5.41 Å². The van der Waals surface area contributed by atoms with Crippen molar-refractivity contribution in [2.24, 2.45) is 5.41 Å². The average Bonchev–Trinajstić information content (AvgIpc) is 2.66. The largest absolute Gasteiger partial charge is 0.491 e. The Morgan fingerprint density at radius 3 is 2.78 bits per heavy atom. The van der Waals surface area contributed by atoms with Gasteiger partial charge < -0.3 is 24.8 Å². The van der Waals surface area contributed by atoms with E-state index in [0.717, 1.165) is 32.1 Å². The van der Waals surface area contributed by atoms with E-state index in [2.05, 4.69) is 36.3 Å². The van der Waals surface area contributed by atoms with Crippen LogP contribution in [0.3, 0.4) is 0 Å². The van der Waals surface area contributed by atoms with Crippen molar-refractivity contribution in [1.29, 1.82) is 0 Å². The van der Waals surface area contributed by atoms with E-state index in [9.17, 15) is 5.11 Å². The highest BCUT2D eigenvalue weighted by Gasteiger charge is 2.32. The molecule has 2 aliphatic rings. The molecule has 1 aromatic rings. The maximum absolute atomic E-state index is 10.4. The number of aliphatic hydroxyl groups excluding tert-OH is 1. The van der Waals surface area contributed by atoms with Gasteiger partial charge in [0.15, 0.2) is 0 Å². The van der Waals surface area contributed by atoms with E-state index in [4.69, 9.17) is 9.47 Å². The third-order valence-electron chi connectivity index (χ3n) is 5.82. The van der Waals surface area contributed by atoms with Crippen LogP contribution in [-0.4, -0.2) is 62.1 Å². The fourth-order valence-electron chi connectivity index (χ4n) is 4.05. The lowest BCUT2D eigenvalue weighted by Gasteiger charge is -2.38. The molecule has 0 aromatic heterocycles. The Labute approximate surface area is 164 Å². The van der Waals surface area contributed by atoms with Crippen LogP contribution in [-0.2, 0) is 11.3 Å². The standard InChI is InChI=1S/C22H36N2O3/c1-22(16-26-17-22)15-23-12-18-7-6-10-21(11-18)27-14-20(25)13-24(2)19-8-4-3-5-9-19/h6-7,10-11,19-20,23,25H,3-5,8-9,12-17H2,1-2H3/t20-/m0/s1. The van der Waals surface area contributed by atoms with Gasteiger partial charge in [-0.25, -0.2) is 0 Å². The fourth-order valence-corrected chi connectivity index (χ4v) is 4.05. The van der Waals surface area contributed by atoms with Crippen LogP contribution >= 0.6 is 0 Å². The zero-order chi connectivity index (χ0) is 19.1. The molecule has 0 spiro atoms. The van der Waals surface area contributed by atoms with Crippen LogP contribution in [0.1, 0.15) is 44.6 Å². The summed E-state index contributed by atoms with van der Waals surface area (Å²) in [7, 11) is 2.12. The third-order valence-corrected chi connectivity index (χ3v) is 5.82. The van der Waals surface area contributed by atoms with Crippen molar-refractivity contribution in [3.8, 4) is 5.75 Å². The highest BCUT2D eigenvalue weighted by Crippen LogP contribution is 2.25. The van der Waals surface area contributed by atoms with Crippen molar-refractivity contribution in [2.75, 3.05) is 40.0 Å². The molecule has 2 N–H and O–H groups in total. The fraction of sp³-hybridized carbons (Fsp3) is 0.727. The molecule has 5 nitrogen and oxygen atoms in total. The normalized spacial score (nSPS) is 21.0. The molecule has 152 valence electrons. The minimum Gasteiger partial charge on any atom is -0.491 e. The molecule has 0 amide bonds. The van der Waals surface area contributed by atoms with Crippen LogP contribution < -0.4 is 10.1 Å².